The summed E-state index contributed by atoms with van der Waals surface area (Å²) >= 11 is 6.50. The zero-order chi connectivity index (χ0) is 24.7. The molecule has 1 fully saturated rings. The molecule has 3 aromatic rings. The number of piperazine rings is 1. The van der Waals surface area contributed by atoms with Crippen molar-refractivity contribution in [1.29, 1.82) is 0 Å². The van der Waals surface area contributed by atoms with Gasteiger partial charge in [0.25, 0.3) is 0 Å². The van der Waals surface area contributed by atoms with E-state index in [1.54, 1.807) is 0 Å². The van der Waals surface area contributed by atoms with Crippen LogP contribution in [0.2, 0.25) is 5.02 Å². The summed E-state index contributed by atoms with van der Waals surface area (Å²) in [6.45, 7) is 1.41. The molecule has 1 atom stereocenters. The number of carbonyl (C=O) groups excluding carboxylic acids is 1. The number of fused-ring (bicyclic) bond motifs is 3. The molecule has 0 bridgehead atoms. The van der Waals surface area contributed by atoms with E-state index in [1.807, 2.05) is 30.3 Å². The quantitative estimate of drug-likeness (QED) is 0.443. The van der Waals surface area contributed by atoms with Crippen LogP contribution in [0.4, 0.5) is 14.5 Å². The first-order valence-electron chi connectivity index (χ1n) is 11.3. The van der Waals surface area contributed by atoms with Crippen molar-refractivity contribution in [3.8, 4) is 16.9 Å². The van der Waals surface area contributed by atoms with E-state index >= 15 is 8.78 Å². The number of aliphatic hydroxyl groups excluding tert-OH is 1. The molecule has 0 aromatic heterocycles. The van der Waals surface area contributed by atoms with Crippen LogP contribution in [0, 0.1) is 11.6 Å². The Morgan fingerprint density at radius 2 is 1.94 bits per heavy atom. The number of primary amides is 1. The van der Waals surface area contributed by atoms with Crippen molar-refractivity contribution in [3.05, 3.63) is 81.9 Å². The summed E-state index contributed by atoms with van der Waals surface area (Å²) in [5.41, 5.74) is 7.07. The maximum atomic E-state index is 15.8. The molecule has 1 saturated heterocycles. The van der Waals surface area contributed by atoms with E-state index < -0.39 is 23.1 Å². The molecule has 1 amide bonds. The number of nitrogens with one attached hydrogen (secondary N) is 1. The molecule has 6 nitrogen and oxygen atoms in total. The summed E-state index contributed by atoms with van der Waals surface area (Å²) < 4.78 is 36.5. The predicted molar refractivity (Wildman–Crippen MR) is 137 cm³/mol. The fourth-order valence-corrected chi connectivity index (χ4v) is 5.57. The van der Waals surface area contributed by atoms with Crippen molar-refractivity contribution in [2.75, 3.05) is 37.7 Å². The number of amides is 1. The number of hydrogen-bond acceptors (Lipinski definition) is 5. The van der Waals surface area contributed by atoms with Crippen molar-refractivity contribution < 1.29 is 23.4 Å². The number of ether oxygens (including phenoxy) is 1. The molecule has 0 aliphatic carbocycles. The van der Waals surface area contributed by atoms with Gasteiger partial charge < -0.3 is 25.8 Å². The average molecular weight is 536 g/mol. The van der Waals surface area contributed by atoms with Gasteiger partial charge in [-0.15, -0.1) is 12.4 Å². The minimum atomic E-state index is -0.888. The summed E-state index contributed by atoms with van der Waals surface area (Å²) in [5, 5.41) is 12.2. The second kappa shape index (κ2) is 10.2. The molecule has 190 valence electrons. The third-order valence-corrected chi connectivity index (χ3v) is 7.16. The van der Waals surface area contributed by atoms with E-state index in [9.17, 15) is 4.79 Å². The normalized spacial score (nSPS) is 18.3. The first-order chi connectivity index (χ1) is 16.9. The monoisotopic (exact) mass is 535 g/mol. The van der Waals surface area contributed by atoms with Gasteiger partial charge in [-0.3, -0.25) is 4.79 Å². The van der Waals surface area contributed by atoms with Crippen molar-refractivity contribution in [1.82, 2.24) is 5.32 Å². The van der Waals surface area contributed by atoms with E-state index in [0.29, 0.717) is 37.3 Å². The van der Waals surface area contributed by atoms with Crippen molar-refractivity contribution in [3.63, 3.8) is 0 Å². The molecule has 2 aliphatic rings. The number of aliphatic hydroxyl groups is 1. The Labute approximate surface area is 218 Å². The lowest BCUT2D eigenvalue weighted by Gasteiger charge is -2.45. The Balaban J connectivity index is 0.00000304. The first kappa shape index (κ1) is 26.2. The highest BCUT2D eigenvalue weighted by Gasteiger charge is 2.48. The SMILES string of the molecule is Cl.NC(=O)c1ccc(OCCO)c(F)c1-c1c(Cl)c(F)cc2c1C[C@]1(c3ccccc3)CNCCN21. The topological polar surface area (TPSA) is 87.8 Å². The molecule has 0 unspecified atom stereocenters. The van der Waals surface area contributed by atoms with Crippen LogP contribution in [0.3, 0.4) is 0 Å². The first-order valence-corrected chi connectivity index (χ1v) is 11.7. The molecular weight excluding hydrogens is 511 g/mol. The zero-order valence-corrected chi connectivity index (χ0v) is 20.8. The highest BCUT2D eigenvalue weighted by Crippen LogP contribution is 2.52. The van der Waals surface area contributed by atoms with Gasteiger partial charge in [0.15, 0.2) is 11.6 Å². The highest BCUT2D eigenvalue weighted by molar-refractivity contribution is 6.34. The van der Waals surface area contributed by atoms with Crippen LogP contribution in [0.5, 0.6) is 5.75 Å². The summed E-state index contributed by atoms with van der Waals surface area (Å²) in [5.74, 6) is -2.68. The van der Waals surface area contributed by atoms with Gasteiger partial charge in [-0.05, 0) is 29.3 Å². The zero-order valence-electron chi connectivity index (χ0n) is 19.2. The molecule has 36 heavy (non-hydrogen) atoms. The van der Waals surface area contributed by atoms with E-state index in [2.05, 4.69) is 10.2 Å². The highest BCUT2D eigenvalue weighted by atomic mass is 35.5. The molecule has 2 aliphatic heterocycles. The number of hydrogen-bond donors (Lipinski definition) is 3. The van der Waals surface area contributed by atoms with Crippen LogP contribution >= 0.6 is 24.0 Å². The number of nitrogens with two attached hydrogens (primary N) is 1. The van der Waals surface area contributed by atoms with Crippen molar-refractivity contribution in [2.24, 2.45) is 5.73 Å². The third-order valence-electron chi connectivity index (χ3n) is 6.79. The number of nitrogens with zero attached hydrogens (tertiary/aromatic N) is 1. The summed E-state index contributed by atoms with van der Waals surface area (Å²) in [6, 6.07) is 13.8. The second-order valence-electron chi connectivity index (χ2n) is 8.68. The number of anilines is 1. The van der Waals surface area contributed by atoms with E-state index in [0.717, 1.165) is 5.56 Å². The molecule has 10 heteroatoms. The Kier molecular flexibility index (Phi) is 7.43. The van der Waals surface area contributed by atoms with Crippen molar-refractivity contribution >= 4 is 35.6 Å². The minimum absolute atomic E-state index is 0. The number of carbonyl (C=O) groups is 1. The fourth-order valence-electron chi connectivity index (χ4n) is 5.31. The molecule has 5 rings (SSSR count). The standard InChI is InChI=1S/C26H24ClF2N3O3.ClH/c27-23-18(28)12-19-17(13-26(14-31-8-9-32(19)26)15-4-2-1-3-5-15)21(23)22-16(25(30)34)6-7-20(24(22)29)35-11-10-33;/h1-7,12,31,33H,8-11,13-14H2,(H2,30,34);1H/t26-;/m1./s1. The van der Waals surface area contributed by atoms with E-state index in [1.165, 1.54) is 18.2 Å². The second-order valence-corrected chi connectivity index (χ2v) is 9.06. The molecule has 0 spiro atoms. The molecule has 3 aromatic carbocycles. The minimum Gasteiger partial charge on any atom is -0.488 e. The van der Waals surface area contributed by atoms with Gasteiger partial charge in [-0.2, -0.15) is 0 Å². The summed E-state index contributed by atoms with van der Waals surface area (Å²) in [4.78, 5) is 14.5. The van der Waals surface area contributed by atoms with Gasteiger partial charge in [0.05, 0.1) is 22.7 Å². The lowest BCUT2D eigenvalue weighted by Crippen LogP contribution is -2.57. The third kappa shape index (κ3) is 4.08. The maximum Gasteiger partial charge on any atom is 0.249 e. The van der Waals surface area contributed by atoms with Crippen LogP contribution in [0.1, 0.15) is 21.5 Å². The Morgan fingerprint density at radius 3 is 2.64 bits per heavy atom. The van der Waals surface area contributed by atoms with Crippen LogP contribution in [-0.4, -0.2) is 43.9 Å². The molecule has 2 heterocycles. The summed E-state index contributed by atoms with van der Waals surface area (Å²) in [6.07, 6.45) is 0.411. The Morgan fingerprint density at radius 1 is 1.19 bits per heavy atom. The van der Waals surface area contributed by atoms with E-state index in [-0.39, 0.29) is 53.1 Å². The molecule has 0 radical (unpaired) electrons. The number of rotatable bonds is 6. The van der Waals surface area contributed by atoms with Gasteiger partial charge >= 0.3 is 0 Å². The molecule has 0 saturated carbocycles. The van der Waals surface area contributed by atoms with Gasteiger partial charge in [-0.25, -0.2) is 8.78 Å². The number of halogens is 4. The predicted octanol–water partition coefficient (Wildman–Crippen LogP) is 4.04. The summed E-state index contributed by atoms with van der Waals surface area (Å²) in [7, 11) is 0. The van der Waals surface area contributed by atoms with E-state index in [4.69, 9.17) is 27.2 Å². The van der Waals surface area contributed by atoms with Gasteiger partial charge in [0, 0.05) is 42.9 Å². The van der Waals surface area contributed by atoms with Crippen LogP contribution in [0.15, 0.2) is 48.5 Å². The smallest absolute Gasteiger partial charge is 0.249 e. The Bertz CT molecular complexity index is 1310. The largest absolute Gasteiger partial charge is 0.488 e. The number of benzene rings is 3. The van der Waals surface area contributed by atoms with Gasteiger partial charge in [-0.1, -0.05) is 41.9 Å². The Hall–Kier alpha value is -2.91. The molecular formula is C26H25Cl2F2N3O3. The van der Waals surface area contributed by atoms with Crippen LogP contribution in [0.25, 0.3) is 11.1 Å². The lowest BCUT2D eigenvalue weighted by atomic mass is 9.83. The maximum absolute atomic E-state index is 15.8. The van der Waals surface area contributed by atoms with Crippen LogP contribution < -0.4 is 20.7 Å². The van der Waals surface area contributed by atoms with Gasteiger partial charge in [0.2, 0.25) is 5.91 Å². The van der Waals surface area contributed by atoms with Crippen molar-refractivity contribution in [2.45, 2.75) is 12.0 Å². The van der Waals surface area contributed by atoms with Gasteiger partial charge in [0.1, 0.15) is 12.4 Å². The lowest BCUT2D eigenvalue weighted by molar-refractivity contribution is 0.100. The molecule has 4 N–H and O–H groups in total. The fraction of sp³-hybridized carbons (Fsp3) is 0.269. The average Bonchev–Trinajstić information content (AvgIpc) is 3.20. The van der Waals surface area contributed by atoms with Crippen LogP contribution in [-0.2, 0) is 12.0 Å².